The quantitative estimate of drug-likeness (QED) is 0.696. The van der Waals surface area contributed by atoms with Gasteiger partial charge in [-0.25, -0.2) is 0 Å². The zero-order chi connectivity index (χ0) is 19.1. The van der Waals surface area contributed by atoms with E-state index < -0.39 is 5.41 Å². The molecular formula is C24H32N2O. The Bertz CT molecular complexity index is 664. The van der Waals surface area contributed by atoms with Gasteiger partial charge in [-0.15, -0.1) is 0 Å². The maximum absolute atomic E-state index is 14.0. The fourth-order valence-electron chi connectivity index (χ4n) is 4.31. The highest BCUT2D eigenvalue weighted by molar-refractivity contribution is 5.92. The first-order valence-electron chi connectivity index (χ1n) is 10.3. The molecule has 1 aliphatic rings. The summed E-state index contributed by atoms with van der Waals surface area (Å²) in [6, 6.07) is 20.8. The molecule has 1 aliphatic heterocycles. The standard InChI is InChI=1S/C24H32N2O/c1-3-25(4-2)20-17-24(21-13-7-5-8-14-21,22-15-9-6-10-16-22)23(27)26-18-11-12-19-26/h5-10,13-16H,3-4,11-12,17-20H2,1-2H3. The van der Waals surface area contributed by atoms with E-state index in [0.29, 0.717) is 0 Å². The first kappa shape index (κ1) is 19.6. The van der Waals surface area contributed by atoms with Gasteiger partial charge in [-0.3, -0.25) is 4.79 Å². The smallest absolute Gasteiger partial charge is 0.237 e. The third-order valence-electron chi connectivity index (χ3n) is 5.99. The van der Waals surface area contributed by atoms with E-state index in [9.17, 15) is 4.79 Å². The molecule has 1 fully saturated rings. The van der Waals surface area contributed by atoms with Crippen molar-refractivity contribution in [3.05, 3.63) is 71.8 Å². The van der Waals surface area contributed by atoms with Gasteiger partial charge in [0.05, 0.1) is 0 Å². The lowest BCUT2D eigenvalue weighted by molar-refractivity contribution is -0.135. The molecule has 0 spiro atoms. The molecule has 0 radical (unpaired) electrons. The van der Waals surface area contributed by atoms with Crippen molar-refractivity contribution >= 4 is 5.91 Å². The van der Waals surface area contributed by atoms with Crippen molar-refractivity contribution in [2.45, 2.75) is 38.5 Å². The highest BCUT2D eigenvalue weighted by Gasteiger charge is 2.44. The van der Waals surface area contributed by atoms with Gasteiger partial charge in [-0.2, -0.15) is 0 Å². The highest BCUT2D eigenvalue weighted by atomic mass is 16.2. The van der Waals surface area contributed by atoms with E-state index >= 15 is 0 Å². The second-order valence-corrected chi connectivity index (χ2v) is 7.41. The van der Waals surface area contributed by atoms with Crippen LogP contribution >= 0.6 is 0 Å². The molecule has 2 aromatic rings. The third kappa shape index (κ3) is 4.08. The average Bonchev–Trinajstić information content (AvgIpc) is 3.27. The molecule has 0 saturated carbocycles. The van der Waals surface area contributed by atoms with Crippen LogP contribution < -0.4 is 0 Å². The third-order valence-corrected chi connectivity index (χ3v) is 5.99. The lowest BCUT2D eigenvalue weighted by atomic mass is 9.70. The van der Waals surface area contributed by atoms with Crippen LogP contribution in [0.25, 0.3) is 0 Å². The van der Waals surface area contributed by atoms with Crippen LogP contribution in [-0.2, 0) is 10.2 Å². The first-order valence-corrected chi connectivity index (χ1v) is 10.3. The minimum atomic E-state index is -0.616. The highest BCUT2D eigenvalue weighted by Crippen LogP contribution is 2.38. The number of hydrogen-bond acceptors (Lipinski definition) is 2. The summed E-state index contributed by atoms with van der Waals surface area (Å²) in [5, 5.41) is 0. The second kappa shape index (κ2) is 9.18. The summed E-state index contributed by atoms with van der Waals surface area (Å²) in [6.45, 7) is 9.08. The van der Waals surface area contributed by atoms with Crippen LogP contribution in [0.4, 0.5) is 0 Å². The Labute approximate surface area is 164 Å². The second-order valence-electron chi connectivity index (χ2n) is 7.41. The van der Waals surface area contributed by atoms with Crippen LogP contribution in [0.5, 0.6) is 0 Å². The summed E-state index contributed by atoms with van der Waals surface area (Å²) in [7, 11) is 0. The number of carbonyl (C=O) groups is 1. The van der Waals surface area contributed by atoms with Gasteiger partial charge in [0.15, 0.2) is 0 Å². The molecule has 0 N–H and O–H groups in total. The van der Waals surface area contributed by atoms with Gasteiger partial charge in [0.1, 0.15) is 5.41 Å². The molecule has 0 atom stereocenters. The Hall–Kier alpha value is -2.13. The summed E-state index contributed by atoms with van der Waals surface area (Å²) in [4.78, 5) is 18.5. The van der Waals surface area contributed by atoms with Crippen molar-refractivity contribution in [3.8, 4) is 0 Å². The molecule has 0 bridgehead atoms. The molecule has 1 saturated heterocycles. The van der Waals surface area contributed by atoms with Crippen LogP contribution in [0.2, 0.25) is 0 Å². The number of rotatable bonds is 8. The minimum absolute atomic E-state index is 0.268. The van der Waals surface area contributed by atoms with Gasteiger partial charge < -0.3 is 9.80 Å². The molecule has 2 aromatic carbocycles. The largest absolute Gasteiger partial charge is 0.342 e. The van der Waals surface area contributed by atoms with Crippen LogP contribution in [0.1, 0.15) is 44.2 Å². The van der Waals surface area contributed by atoms with E-state index in [1.165, 1.54) is 0 Å². The molecule has 3 heteroatoms. The van der Waals surface area contributed by atoms with Gasteiger partial charge in [-0.05, 0) is 50.0 Å². The van der Waals surface area contributed by atoms with Gasteiger partial charge in [0.25, 0.3) is 0 Å². The maximum Gasteiger partial charge on any atom is 0.237 e. The normalized spacial score (nSPS) is 14.7. The molecule has 1 heterocycles. The van der Waals surface area contributed by atoms with Crippen molar-refractivity contribution in [2.24, 2.45) is 0 Å². The Balaban J connectivity index is 2.10. The zero-order valence-corrected chi connectivity index (χ0v) is 16.7. The van der Waals surface area contributed by atoms with Crippen LogP contribution in [-0.4, -0.2) is 48.4 Å². The lowest BCUT2D eigenvalue weighted by Gasteiger charge is -2.38. The topological polar surface area (TPSA) is 23.6 Å². The fourth-order valence-corrected chi connectivity index (χ4v) is 4.31. The number of amides is 1. The Morgan fingerprint density at radius 1 is 0.889 bits per heavy atom. The number of carbonyl (C=O) groups excluding carboxylic acids is 1. The molecule has 1 amide bonds. The SMILES string of the molecule is CCN(CC)CCC(C(=O)N1CCCC1)(c1ccccc1)c1ccccc1. The van der Waals surface area contributed by atoms with Gasteiger partial charge in [-0.1, -0.05) is 74.5 Å². The summed E-state index contributed by atoms with van der Waals surface area (Å²) in [5.74, 6) is 0.268. The minimum Gasteiger partial charge on any atom is -0.342 e. The fraction of sp³-hybridized carbons (Fsp3) is 0.458. The van der Waals surface area contributed by atoms with E-state index in [1.54, 1.807) is 0 Å². The van der Waals surface area contributed by atoms with Crippen molar-refractivity contribution < 1.29 is 4.79 Å². The molecule has 0 aromatic heterocycles. The Morgan fingerprint density at radius 3 is 1.81 bits per heavy atom. The summed E-state index contributed by atoms with van der Waals surface area (Å²) < 4.78 is 0. The van der Waals surface area contributed by atoms with Crippen molar-refractivity contribution in [1.82, 2.24) is 9.80 Å². The van der Waals surface area contributed by atoms with Crippen molar-refractivity contribution in [2.75, 3.05) is 32.7 Å². The van der Waals surface area contributed by atoms with Crippen molar-refractivity contribution in [3.63, 3.8) is 0 Å². The predicted molar refractivity (Wildman–Crippen MR) is 112 cm³/mol. The number of nitrogens with zero attached hydrogens (tertiary/aromatic N) is 2. The maximum atomic E-state index is 14.0. The summed E-state index contributed by atoms with van der Waals surface area (Å²) in [6.07, 6.45) is 3.03. The Kier molecular flexibility index (Phi) is 6.68. The van der Waals surface area contributed by atoms with Gasteiger partial charge in [0, 0.05) is 13.1 Å². The van der Waals surface area contributed by atoms with E-state index in [0.717, 1.165) is 63.1 Å². The molecule has 3 rings (SSSR count). The predicted octanol–water partition coefficient (Wildman–Crippen LogP) is 4.33. The van der Waals surface area contributed by atoms with Gasteiger partial charge in [0.2, 0.25) is 5.91 Å². The first-order chi connectivity index (χ1) is 13.2. The zero-order valence-electron chi connectivity index (χ0n) is 16.7. The van der Waals surface area contributed by atoms with E-state index in [-0.39, 0.29) is 5.91 Å². The van der Waals surface area contributed by atoms with Crippen molar-refractivity contribution in [1.29, 1.82) is 0 Å². The number of likely N-dealkylation sites (tertiary alicyclic amines) is 1. The van der Waals surface area contributed by atoms with Crippen LogP contribution in [0, 0.1) is 0 Å². The van der Waals surface area contributed by atoms with Crippen LogP contribution in [0.3, 0.4) is 0 Å². The van der Waals surface area contributed by atoms with E-state index in [2.05, 4.69) is 72.2 Å². The Morgan fingerprint density at radius 2 is 1.37 bits per heavy atom. The number of hydrogen-bond donors (Lipinski definition) is 0. The number of benzene rings is 2. The summed E-state index contributed by atoms with van der Waals surface area (Å²) >= 11 is 0. The molecule has 0 unspecified atom stereocenters. The van der Waals surface area contributed by atoms with E-state index in [4.69, 9.17) is 0 Å². The van der Waals surface area contributed by atoms with E-state index in [1.807, 2.05) is 12.1 Å². The lowest BCUT2D eigenvalue weighted by Crippen LogP contribution is -2.48. The average molecular weight is 365 g/mol. The summed E-state index contributed by atoms with van der Waals surface area (Å²) in [5.41, 5.74) is 1.61. The molecule has 0 aliphatic carbocycles. The molecular weight excluding hydrogens is 332 g/mol. The molecule has 27 heavy (non-hydrogen) atoms. The molecule has 3 nitrogen and oxygen atoms in total. The monoisotopic (exact) mass is 364 g/mol. The molecule has 144 valence electrons. The van der Waals surface area contributed by atoms with Crippen LogP contribution in [0.15, 0.2) is 60.7 Å². The van der Waals surface area contributed by atoms with Gasteiger partial charge >= 0.3 is 0 Å².